The maximum atomic E-state index is 12.8. The zero-order valence-corrected chi connectivity index (χ0v) is 16.8. The van der Waals surface area contributed by atoms with Gasteiger partial charge in [-0.2, -0.15) is 5.10 Å². The Labute approximate surface area is 174 Å². The number of aromatic nitrogens is 3. The Hall–Kier alpha value is -3.18. The lowest BCUT2D eigenvalue weighted by Gasteiger charge is -2.13. The van der Waals surface area contributed by atoms with E-state index in [1.165, 1.54) is 5.56 Å². The Morgan fingerprint density at radius 3 is 2.62 bits per heavy atom. The summed E-state index contributed by atoms with van der Waals surface area (Å²) in [6, 6.07) is 19.7. The molecule has 0 aliphatic carbocycles. The van der Waals surface area contributed by atoms with E-state index in [4.69, 9.17) is 11.6 Å². The molecule has 2 aromatic carbocycles. The van der Waals surface area contributed by atoms with Gasteiger partial charge in [-0.25, -0.2) is 9.50 Å². The molecule has 0 saturated heterocycles. The molecule has 4 aromatic rings. The highest BCUT2D eigenvalue weighted by atomic mass is 35.5. The van der Waals surface area contributed by atoms with Gasteiger partial charge >= 0.3 is 0 Å². The summed E-state index contributed by atoms with van der Waals surface area (Å²) in [5, 5.41) is 8.13. The van der Waals surface area contributed by atoms with Crippen LogP contribution in [0.5, 0.6) is 0 Å². The summed E-state index contributed by atoms with van der Waals surface area (Å²) in [6.07, 6.45) is 5.03. The fraction of sp³-hybridized carbons (Fsp3) is 0.174. The van der Waals surface area contributed by atoms with Gasteiger partial charge in [0.05, 0.1) is 11.9 Å². The van der Waals surface area contributed by atoms with Crippen molar-refractivity contribution in [1.82, 2.24) is 19.9 Å². The van der Waals surface area contributed by atoms with Crippen LogP contribution >= 0.6 is 11.6 Å². The number of aryl methyl sites for hydroxylation is 1. The Morgan fingerprint density at radius 2 is 1.86 bits per heavy atom. The number of benzene rings is 2. The van der Waals surface area contributed by atoms with Crippen molar-refractivity contribution in [1.29, 1.82) is 0 Å². The summed E-state index contributed by atoms with van der Waals surface area (Å²) < 4.78 is 1.69. The first-order chi connectivity index (χ1) is 14.1. The van der Waals surface area contributed by atoms with Gasteiger partial charge in [0.2, 0.25) is 0 Å². The van der Waals surface area contributed by atoms with Gasteiger partial charge in [0.1, 0.15) is 5.56 Å². The van der Waals surface area contributed by atoms with Crippen LogP contribution in [0, 0.1) is 0 Å². The summed E-state index contributed by atoms with van der Waals surface area (Å²) in [5.41, 5.74) is 4.06. The first-order valence-electron chi connectivity index (χ1n) is 9.55. The van der Waals surface area contributed by atoms with E-state index in [-0.39, 0.29) is 11.9 Å². The Bertz CT molecular complexity index is 1120. The van der Waals surface area contributed by atoms with E-state index in [2.05, 4.69) is 27.5 Å². The summed E-state index contributed by atoms with van der Waals surface area (Å²) in [6.45, 7) is 2.01. The molecule has 1 N–H and O–H groups in total. The van der Waals surface area contributed by atoms with Crippen molar-refractivity contribution >= 4 is 23.2 Å². The molecule has 6 heteroatoms. The molecule has 0 unspecified atom stereocenters. The van der Waals surface area contributed by atoms with E-state index in [1.54, 1.807) is 16.9 Å². The van der Waals surface area contributed by atoms with Crippen LogP contribution in [-0.4, -0.2) is 26.5 Å². The van der Waals surface area contributed by atoms with Gasteiger partial charge in [-0.05, 0) is 43.5 Å². The molecule has 0 bridgehead atoms. The summed E-state index contributed by atoms with van der Waals surface area (Å²) in [4.78, 5) is 17.2. The number of hydrogen-bond donors (Lipinski definition) is 1. The molecule has 4 rings (SSSR count). The topological polar surface area (TPSA) is 59.3 Å². The van der Waals surface area contributed by atoms with E-state index in [0.717, 1.165) is 24.1 Å². The highest BCUT2D eigenvalue weighted by molar-refractivity contribution is 6.30. The third kappa shape index (κ3) is 4.30. The van der Waals surface area contributed by atoms with Crippen molar-refractivity contribution in [2.24, 2.45) is 0 Å². The second kappa shape index (κ2) is 8.45. The van der Waals surface area contributed by atoms with E-state index >= 15 is 0 Å². The fourth-order valence-electron chi connectivity index (χ4n) is 3.29. The predicted molar refractivity (Wildman–Crippen MR) is 115 cm³/mol. The molecule has 29 heavy (non-hydrogen) atoms. The third-order valence-corrected chi connectivity index (χ3v) is 5.12. The van der Waals surface area contributed by atoms with E-state index < -0.39 is 0 Å². The van der Waals surface area contributed by atoms with Crippen LogP contribution < -0.4 is 5.32 Å². The van der Waals surface area contributed by atoms with Gasteiger partial charge in [0.25, 0.3) is 5.91 Å². The van der Waals surface area contributed by atoms with Crippen LogP contribution in [0.15, 0.2) is 73.1 Å². The number of carbonyl (C=O) groups is 1. The molecule has 2 heterocycles. The molecule has 0 fully saturated rings. The Balaban J connectivity index is 1.51. The molecule has 0 spiro atoms. The average molecular weight is 405 g/mol. The first-order valence-corrected chi connectivity index (χ1v) is 9.93. The molecule has 0 radical (unpaired) electrons. The zero-order chi connectivity index (χ0) is 20.2. The highest BCUT2D eigenvalue weighted by Gasteiger charge is 2.17. The first kappa shape index (κ1) is 19.2. The highest BCUT2D eigenvalue weighted by Crippen LogP contribution is 2.22. The van der Waals surface area contributed by atoms with Crippen LogP contribution in [0.4, 0.5) is 0 Å². The lowest BCUT2D eigenvalue weighted by atomic mass is 10.1. The van der Waals surface area contributed by atoms with Crippen molar-refractivity contribution in [2.75, 3.05) is 0 Å². The second-order valence-electron chi connectivity index (χ2n) is 7.03. The minimum Gasteiger partial charge on any atom is -0.349 e. The smallest absolute Gasteiger partial charge is 0.256 e. The van der Waals surface area contributed by atoms with Gasteiger partial charge in [-0.15, -0.1) is 0 Å². The van der Waals surface area contributed by atoms with Crippen LogP contribution in [0.25, 0.3) is 16.9 Å². The fourth-order valence-corrected chi connectivity index (χ4v) is 3.42. The van der Waals surface area contributed by atoms with Crippen LogP contribution in [0.3, 0.4) is 0 Å². The lowest BCUT2D eigenvalue weighted by molar-refractivity contribution is 0.0940. The quantitative estimate of drug-likeness (QED) is 0.502. The molecule has 0 aliphatic heterocycles. The molecule has 146 valence electrons. The molecular weight excluding hydrogens is 384 g/mol. The van der Waals surface area contributed by atoms with Crippen LogP contribution in [0.1, 0.15) is 29.3 Å². The SMILES string of the molecule is C[C@H](CCc1ccccc1)NC(=O)c1cnn2c(-c3ccc(Cl)cc3)ccnc12. The van der Waals surface area contributed by atoms with Gasteiger partial charge in [0, 0.05) is 22.8 Å². The number of rotatable bonds is 6. The maximum absolute atomic E-state index is 12.8. The standard InChI is InChI=1S/C23H21ClN4O/c1-16(7-8-17-5-3-2-4-6-17)27-23(29)20-15-26-28-21(13-14-25-22(20)28)18-9-11-19(24)12-10-18/h2-6,9-16H,7-8H2,1H3,(H,27,29)/t16-/m1/s1. The molecule has 1 atom stereocenters. The Morgan fingerprint density at radius 1 is 1.10 bits per heavy atom. The number of halogens is 1. The molecule has 0 saturated carbocycles. The number of carbonyl (C=O) groups excluding carboxylic acids is 1. The minimum absolute atomic E-state index is 0.0390. The zero-order valence-electron chi connectivity index (χ0n) is 16.0. The van der Waals surface area contributed by atoms with Crippen LogP contribution in [-0.2, 0) is 6.42 Å². The van der Waals surface area contributed by atoms with E-state index in [1.807, 2.05) is 55.5 Å². The minimum atomic E-state index is -0.165. The van der Waals surface area contributed by atoms with Crippen molar-refractivity contribution < 1.29 is 4.79 Å². The van der Waals surface area contributed by atoms with Gasteiger partial charge in [0.15, 0.2) is 5.65 Å². The normalized spacial score (nSPS) is 12.1. The summed E-state index contributed by atoms with van der Waals surface area (Å²) >= 11 is 5.99. The van der Waals surface area contributed by atoms with E-state index in [0.29, 0.717) is 16.2 Å². The third-order valence-electron chi connectivity index (χ3n) is 4.87. The summed E-state index contributed by atoms with van der Waals surface area (Å²) in [7, 11) is 0. The predicted octanol–water partition coefficient (Wildman–Crippen LogP) is 4.80. The monoisotopic (exact) mass is 404 g/mol. The number of hydrogen-bond acceptors (Lipinski definition) is 3. The van der Waals surface area contributed by atoms with Crippen molar-refractivity contribution in [3.05, 3.63) is 89.2 Å². The van der Waals surface area contributed by atoms with Crippen molar-refractivity contribution in [2.45, 2.75) is 25.8 Å². The average Bonchev–Trinajstić information content (AvgIpc) is 3.18. The largest absolute Gasteiger partial charge is 0.349 e. The van der Waals surface area contributed by atoms with Crippen LogP contribution in [0.2, 0.25) is 5.02 Å². The maximum Gasteiger partial charge on any atom is 0.256 e. The van der Waals surface area contributed by atoms with Gasteiger partial charge in [-0.1, -0.05) is 54.1 Å². The molecule has 0 aliphatic rings. The lowest BCUT2D eigenvalue weighted by Crippen LogP contribution is -2.32. The summed E-state index contributed by atoms with van der Waals surface area (Å²) in [5.74, 6) is -0.165. The number of fused-ring (bicyclic) bond motifs is 1. The number of nitrogens with zero attached hydrogens (tertiary/aromatic N) is 3. The second-order valence-corrected chi connectivity index (χ2v) is 7.47. The molecular formula is C23H21ClN4O. The number of amides is 1. The number of nitrogens with one attached hydrogen (secondary N) is 1. The van der Waals surface area contributed by atoms with Crippen molar-refractivity contribution in [3.8, 4) is 11.3 Å². The Kier molecular flexibility index (Phi) is 5.58. The molecule has 1 amide bonds. The van der Waals surface area contributed by atoms with Gasteiger partial charge < -0.3 is 5.32 Å². The molecule has 2 aromatic heterocycles. The van der Waals surface area contributed by atoms with E-state index in [9.17, 15) is 4.79 Å². The van der Waals surface area contributed by atoms with Crippen molar-refractivity contribution in [3.63, 3.8) is 0 Å². The molecule has 5 nitrogen and oxygen atoms in total. The van der Waals surface area contributed by atoms with Gasteiger partial charge in [-0.3, -0.25) is 4.79 Å².